The Hall–Kier alpha value is -2.67. The lowest BCUT2D eigenvalue weighted by Crippen LogP contribution is -2.44. The van der Waals surface area contributed by atoms with E-state index in [1.807, 2.05) is 12.1 Å². The average Bonchev–Trinajstić information content (AvgIpc) is 2.70. The number of carbonyl (C=O) groups excluding carboxylic acids is 1. The molecule has 0 spiro atoms. The predicted molar refractivity (Wildman–Crippen MR) is 110 cm³/mol. The van der Waals surface area contributed by atoms with Crippen molar-refractivity contribution in [3.05, 3.63) is 42.4 Å². The minimum atomic E-state index is -0.224. The number of nitrogens with zero attached hydrogens (tertiary/aromatic N) is 5. The number of amides is 1. The smallest absolute Gasteiger partial charge is 0.274 e. The van der Waals surface area contributed by atoms with E-state index in [2.05, 4.69) is 63.0 Å². The largest absolute Gasteiger partial charge is 0.369 e. The maximum Gasteiger partial charge on any atom is 0.274 e. The summed E-state index contributed by atoms with van der Waals surface area (Å²) < 4.78 is 0. The van der Waals surface area contributed by atoms with Gasteiger partial charge in [-0.2, -0.15) is 0 Å². The van der Waals surface area contributed by atoms with Gasteiger partial charge in [-0.15, -0.1) is 0 Å². The van der Waals surface area contributed by atoms with E-state index >= 15 is 0 Å². The molecule has 0 aliphatic carbocycles. The van der Waals surface area contributed by atoms with Gasteiger partial charge in [-0.25, -0.2) is 9.97 Å². The van der Waals surface area contributed by atoms with E-state index in [1.165, 1.54) is 12.0 Å². The third-order valence-corrected chi connectivity index (χ3v) is 4.97. The number of hydrogen-bond acceptors (Lipinski definition) is 6. The summed E-state index contributed by atoms with van der Waals surface area (Å²) in [6.45, 7) is 9.99. The van der Waals surface area contributed by atoms with E-state index in [1.54, 1.807) is 6.07 Å². The van der Waals surface area contributed by atoms with Crippen molar-refractivity contribution in [2.24, 2.45) is 0 Å². The SMILES string of the molecule is CCN(CC)c1cc(C(=O)Nc2ccc(N3CCN(C)CC3)cc2)ncn1. The summed E-state index contributed by atoms with van der Waals surface area (Å²) in [6.07, 6.45) is 1.44. The van der Waals surface area contributed by atoms with Crippen molar-refractivity contribution in [1.29, 1.82) is 0 Å². The standard InChI is InChI=1S/C20H28N6O/c1-4-25(5-2)19-14-18(21-15-22-19)20(27)23-16-6-8-17(9-7-16)26-12-10-24(3)11-13-26/h6-9,14-15H,4-5,10-13H2,1-3H3,(H,23,27). The second kappa shape index (κ2) is 8.81. The van der Waals surface area contributed by atoms with Crippen molar-refractivity contribution in [2.45, 2.75) is 13.8 Å². The van der Waals surface area contributed by atoms with Gasteiger partial charge in [-0.3, -0.25) is 4.79 Å². The number of nitrogens with one attached hydrogen (secondary N) is 1. The fraction of sp³-hybridized carbons (Fsp3) is 0.450. The summed E-state index contributed by atoms with van der Waals surface area (Å²) in [5.74, 6) is 0.545. The average molecular weight is 368 g/mol. The molecule has 1 aromatic carbocycles. The molecule has 0 bridgehead atoms. The fourth-order valence-electron chi connectivity index (χ4n) is 3.21. The maximum absolute atomic E-state index is 12.6. The van der Waals surface area contributed by atoms with Crippen LogP contribution in [0.1, 0.15) is 24.3 Å². The molecule has 1 aromatic heterocycles. The Labute approximate surface area is 161 Å². The number of likely N-dealkylation sites (N-methyl/N-ethyl adjacent to an activating group) is 1. The molecular formula is C20H28N6O. The van der Waals surface area contributed by atoms with Crippen LogP contribution in [0.15, 0.2) is 36.7 Å². The second-order valence-electron chi connectivity index (χ2n) is 6.73. The van der Waals surface area contributed by atoms with Gasteiger partial charge in [0, 0.05) is 56.7 Å². The molecule has 1 fully saturated rings. The van der Waals surface area contributed by atoms with Gasteiger partial charge in [0.2, 0.25) is 0 Å². The van der Waals surface area contributed by atoms with Crippen LogP contribution in [-0.4, -0.2) is 67.1 Å². The van der Waals surface area contributed by atoms with Crippen LogP contribution in [0, 0.1) is 0 Å². The van der Waals surface area contributed by atoms with Gasteiger partial charge in [0.1, 0.15) is 17.8 Å². The van der Waals surface area contributed by atoms with Crippen LogP contribution >= 0.6 is 0 Å². The predicted octanol–water partition coefficient (Wildman–Crippen LogP) is 2.33. The van der Waals surface area contributed by atoms with Crippen LogP contribution in [0.2, 0.25) is 0 Å². The van der Waals surface area contributed by atoms with Gasteiger partial charge in [-0.05, 0) is 45.2 Å². The highest BCUT2D eigenvalue weighted by molar-refractivity contribution is 6.03. The molecule has 0 atom stereocenters. The minimum Gasteiger partial charge on any atom is -0.369 e. The Morgan fingerprint density at radius 2 is 1.74 bits per heavy atom. The summed E-state index contributed by atoms with van der Waals surface area (Å²) >= 11 is 0. The first-order valence-electron chi connectivity index (χ1n) is 9.52. The van der Waals surface area contributed by atoms with Crippen molar-refractivity contribution in [2.75, 3.05) is 61.4 Å². The maximum atomic E-state index is 12.6. The number of hydrogen-bond donors (Lipinski definition) is 1. The van der Waals surface area contributed by atoms with E-state index in [0.29, 0.717) is 5.69 Å². The summed E-state index contributed by atoms with van der Waals surface area (Å²) in [6, 6.07) is 9.74. The quantitative estimate of drug-likeness (QED) is 0.844. The molecule has 2 aromatic rings. The molecule has 2 heterocycles. The zero-order chi connectivity index (χ0) is 19.2. The van der Waals surface area contributed by atoms with Crippen molar-refractivity contribution < 1.29 is 4.79 Å². The number of rotatable bonds is 6. The Morgan fingerprint density at radius 3 is 2.37 bits per heavy atom. The molecule has 7 heteroatoms. The first-order valence-corrected chi connectivity index (χ1v) is 9.52. The van der Waals surface area contributed by atoms with Gasteiger partial charge in [-0.1, -0.05) is 0 Å². The second-order valence-corrected chi connectivity index (χ2v) is 6.73. The third kappa shape index (κ3) is 4.74. The molecule has 27 heavy (non-hydrogen) atoms. The van der Waals surface area contributed by atoms with Crippen LogP contribution < -0.4 is 15.1 Å². The van der Waals surface area contributed by atoms with E-state index in [4.69, 9.17) is 0 Å². The van der Waals surface area contributed by atoms with Gasteiger partial charge in [0.15, 0.2) is 0 Å². The lowest BCUT2D eigenvalue weighted by molar-refractivity contribution is 0.102. The fourth-order valence-corrected chi connectivity index (χ4v) is 3.21. The van der Waals surface area contributed by atoms with Gasteiger partial charge in [0.05, 0.1) is 0 Å². The minimum absolute atomic E-state index is 0.224. The molecule has 1 aliphatic heterocycles. The van der Waals surface area contributed by atoms with Gasteiger partial charge >= 0.3 is 0 Å². The molecule has 3 rings (SSSR count). The molecule has 1 N–H and O–H groups in total. The molecule has 1 saturated heterocycles. The third-order valence-electron chi connectivity index (χ3n) is 4.97. The van der Waals surface area contributed by atoms with Crippen LogP contribution in [0.4, 0.5) is 17.2 Å². The van der Waals surface area contributed by atoms with Gasteiger partial charge < -0.3 is 20.0 Å². The van der Waals surface area contributed by atoms with E-state index in [0.717, 1.165) is 50.8 Å². The highest BCUT2D eigenvalue weighted by Gasteiger charge is 2.15. The first-order chi connectivity index (χ1) is 13.1. The molecule has 0 radical (unpaired) electrons. The van der Waals surface area contributed by atoms with Crippen molar-refractivity contribution in [1.82, 2.24) is 14.9 Å². The number of carbonyl (C=O) groups is 1. The van der Waals surface area contributed by atoms with E-state index < -0.39 is 0 Å². The molecule has 7 nitrogen and oxygen atoms in total. The monoisotopic (exact) mass is 368 g/mol. The Bertz CT molecular complexity index is 751. The first kappa shape index (κ1) is 19.1. The Balaban J connectivity index is 1.65. The molecule has 144 valence electrons. The molecular weight excluding hydrogens is 340 g/mol. The zero-order valence-corrected chi connectivity index (χ0v) is 16.4. The highest BCUT2D eigenvalue weighted by atomic mass is 16.1. The van der Waals surface area contributed by atoms with Crippen LogP contribution in [0.25, 0.3) is 0 Å². The molecule has 0 unspecified atom stereocenters. The van der Waals surface area contributed by atoms with Crippen molar-refractivity contribution in [3.63, 3.8) is 0 Å². The Morgan fingerprint density at radius 1 is 1.07 bits per heavy atom. The lowest BCUT2D eigenvalue weighted by Gasteiger charge is -2.34. The van der Waals surface area contributed by atoms with Gasteiger partial charge in [0.25, 0.3) is 5.91 Å². The number of anilines is 3. The van der Waals surface area contributed by atoms with Crippen molar-refractivity contribution in [3.8, 4) is 0 Å². The number of aromatic nitrogens is 2. The van der Waals surface area contributed by atoms with E-state index in [9.17, 15) is 4.79 Å². The summed E-state index contributed by atoms with van der Waals surface area (Å²) in [5, 5.41) is 2.92. The van der Waals surface area contributed by atoms with Crippen LogP contribution in [0.3, 0.4) is 0 Å². The van der Waals surface area contributed by atoms with Crippen LogP contribution in [-0.2, 0) is 0 Å². The number of piperazine rings is 1. The highest BCUT2D eigenvalue weighted by Crippen LogP contribution is 2.20. The topological polar surface area (TPSA) is 64.6 Å². The Kier molecular flexibility index (Phi) is 6.24. The summed E-state index contributed by atoms with van der Waals surface area (Å²) in [4.78, 5) is 27.7. The molecule has 0 saturated carbocycles. The van der Waals surface area contributed by atoms with Crippen LogP contribution in [0.5, 0.6) is 0 Å². The lowest BCUT2D eigenvalue weighted by atomic mass is 10.2. The molecule has 1 aliphatic rings. The normalized spacial score (nSPS) is 14.9. The summed E-state index contributed by atoms with van der Waals surface area (Å²) in [5.41, 5.74) is 2.32. The summed E-state index contributed by atoms with van der Waals surface area (Å²) in [7, 11) is 2.15. The van der Waals surface area contributed by atoms with E-state index in [-0.39, 0.29) is 5.91 Å². The molecule has 1 amide bonds. The number of benzene rings is 1. The zero-order valence-electron chi connectivity index (χ0n) is 16.4. The van der Waals surface area contributed by atoms with Crippen molar-refractivity contribution >= 4 is 23.1 Å².